The van der Waals surface area contributed by atoms with Gasteiger partial charge >= 0.3 is 0 Å². The van der Waals surface area contributed by atoms with Crippen LogP contribution in [0.15, 0.2) is 75.9 Å². The van der Waals surface area contributed by atoms with Crippen molar-refractivity contribution in [1.29, 1.82) is 0 Å². The van der Waals surface area contributed by atoms with E-state index in [4.69, 9.17) is 9.15 Å². The highest BCUT2D eigenvalue weighted by molar-refractivity contribution is 5.90. The zero-order chi connectivity index (χ0) is 20.4. The van der Waals surface area contributed by atoms with E-state index in [-0.39, 0.29) is 24.0 Å². The third kappa shape index (κ3) is 3.99. The summed E-state index contributed by atoms with van der Waals surface area (Å²) in [6.45, 7) is 3.83. The Balaban J connectivity index is 1.46. The largest absolute Gasteiger partial charge is 0.484 e. The minimum atomic E-state index is -0.224. The first kappa shape index (κ1) is 18.7. The van der Waals surface area contributed by atoms with Gasteiger partial charge in [-0.25, -0.2) is 0 Å². The summed E-state index contributed by atoms with van der Waals surface area (Å²) in [6, 6.07) is 20.0. The fourth-order valence-electron chi connectivity index (χ4n) is 3.24. The molecule has 0 saturated carbocycles. The lowest BCUT2D eigenvalue weighted by atomic mass is 10.1. The van der Waals surface area contributed by atoms with Crippen LogP contribution < -0.4 is 15.5 Å². The van der Waals surface area contributed by atoms with Gasteiger partial charge in [0.1, 0.15) is 16.9 Å². The molecule has 146 valence electrons. The molecule has 1 aromatic heterocycles. The first-order valence-electron chi connectivity index (χ1n) is 9.45. The molecule has 0 spiro atoms. The Labute approximate surface area is 167 Å². The molecule has 0 radical (unpaired) electrons. The molecule has 0 aliphatic heterocycles. The molecule has 0 unspecified atom stereocenters. The predicted octanol–water partition coefficient (Wildman–Crippen LogP) is 4.51. The summed E-state index contributed by atoms with van der Waals surface area (Å²) < 4.78 is 11.4. The van der Waals surface area contributed by atoms with Crippen molar-refractivity contribution in [2.45, 2.75) is 19.9 Å². The molecule has 1 N–H and O–H groups in total. The van der Waals surface area contributed by atoms with Gasteiger partial charge in [-0.2, -0.15) is 0 Å². The number of amides is 1. The van der Waals surface area contributed by atoms with E-state index >= 15 is 0 Å². The van der Waals surface area contributed by atoms with Crippen LogP contribution in [0.5, 0.6) is 5.75 Å². The Kier molecular flexibility index (Phi) is 5.04. The minimum absolute atomic E-state index is 0.0851. The van der Waals surface area contributed by atoms with Gasteiger partial charge in [-0.1, -0.05) is 42.0 Å². The van der Waals surface area contributed by atoms with Gasteiger partial charge in [0.25, 0.3) is 5.91 Å². The molecule has 1 heterocycles. The van der Waals surface area contributed by atoms with E-state index in [1.165, 1.54) is 5.56 Å². The number of carbonyl (C=O) groups excluding carboxylic acids is 1. The molecule has 0 saturated heterocycles. The van der Waals surface area contributed by atoms with Crippen molar-refractivity contribution >= 4 is 27.8 Å². The molecule has 0 aliphatic rings. The number of carbonyl (C=O) groups is 1. The molecular weight excluding hydrogens is 366 g/mol. The van der Waals surface area contributed by atoms with Crippen LogP contribution in [-0.4, -0.2) is 12.5 Å². The van der Waals surface area contributed by atoms with Crippen LogP contribution in [0.25, 0.3) is 21.9 Å². The van der Waals surface area contributed by atoms with Crippen LogP contribution in [-0.2, 0) is 4.79 Å². The normalized spacial score (nSPS) is 12.1. The molecule has 3 aromatic carbocycles. The molecular formula is C24H21NO4. The molecule has 1 atom stereocenters. The van der Waals surface area contributed by atoms with Crippen molar-refractivity contribution in [3.05, 3.63) is 88.1 Å². The number of benzene rings is 3. The Bertz CT molecular complexity index is 1240. The summed E-state index contributed by atoms with van der Waals surface area (Å²) in [6.07, 6.45) is 0. The number of rotatable bonds is 5. The van der Waals surface area contributed by atoms with E-state index in [9.17, 15) is 9.59 Å². The Hall–Kier alpha value is -3.60. The highest BCUT2D eigenvalue weighted by Crippen LogP contribution is 2.23. The summed E-state index contributed by atoms with van der Waals surface area (Å²) in [4.78, 5) is 24.8. The molecule has 0 bridgehead atoms. The van der Waals surface area contributed by atoms with Crippen molar-refractivity contribution < 1.29 is 13.9 Å². The summed E-state index contributed by atoms with van der Waals surface area (Å²) in [5.74, 6) is 0.243. The maximum absolute atomic E-state index is 12.6. The number of fused-ring (bicyclic) bond motifs is 2. The van der Waals surface area contributed by atoms with Crippen LogP contribution in [0.3, 0.4) is 0 Å². The molecule has 5 heteroatoms. The number of hydrogen-bond acceptors (Lipinski definition) is 4. The lowest BCUT2D eigenvalue weighted by Gasteiger charge is -2.15. The van der Waals surface area contributed by atoms with Gasteiger partial charge in [0.05, 0.1) is 16.8 Å². The number of aryl methyl sites for hydroxylation is 1. The molecule has 1 amide bonds. The quantitative estimate of drug-likeness (QED) is 0.512. The molecule has 5 nitrogen and oxygen atoms in total. The zero-order valence-corrected chi connectivity index (χ0v) is 16.3. The minimum Gasteiger partial charge on any atom is -0.484 e. The van der Waals surface area contributed by atoms with Gasteiger partial charge in [-0.05, 0) is 43.7 Å². The van der Waals surface area contributed by atoms with Crippen molar-refractivity contribution in [3.8, 4) is 5.75 Å². The summed E-state index contributed by atoms with van der Waals surface area (Å²) in [5.41, 5.74) is 3.07. The Morgan fingerprint density at radius 1 is 1.00 bits per heavy atom. The standard InChI is InChI=1S/C24H21NO4/c1-15-7-9-17(10-8-15)16(2)25-23(26)14-28-18-11-12-20-22(13-18)29-21-6-4-3-5-19(21)24(20)27/h3-13,16H,14H2,1-2H3,(H,25,26)/t16-/m1/s1. The van der Waals surface area contributed by atoms with Crippen molar-refractivity contribution in [2.75, 3.05) is 6.61 Å². The molecule has 4 rings (SSSR count). The molecule has 4 aromatic rings. The van der Waals surface area contributed by atoms with Gasteiger partial charge in [0, 0.05) is 6.07 Å². The van der Waals surface area contributed by atoms with E-state index in [0.29, 0.717) is 27.7 Å². The summed E-state index contributed by atoms with van der Waals surface area (Å²) in [7, 11) is 0. The number of hydrogen-bond donors (Lipinski definition) is 1. The van der Waals surface area contributed by atoms with Gasteiger partial charge in [0.15, 0.2) is 6.61 Å². The molecule has 0 fully saturated rings. The van der Waals surface area contributed by atoms with Gasteiger partial charge < -0.3 is 14.5 Å². The van der Waals surface area contributed by atoms with Gasteiger partial charge in [-0.3, -0.25) is 9.59 Å². The van der Waals surface area contributed by atoms with E-state index in [1.54, 1.807) is 36.4 Å². The van der Waals surface area contributed by atoms with Gasteiger partial charge in [-0.15, -0.1) is 0 Å². The van der Waals surface area contributed by atoms with Crippen LogP contribution in [0.1, 0.15) is 24.1 Å². The first-order valence-corrected chi connectivity index (χ1v) is 9.45. The summed E-state index contributed by atoms with van der Waals surface area (Å²) >= 11 is 0. The Morgan fingerprint density at radius 2 is 1.72 bits per heavy atom. The topological polar surface area (TPSA) is 68.5 Å². The highest BCUT2D eigenvalue weighted by atomic mass is 16.5. The second kappa shape index (κ2) is 7.80. The van der Waals surface area contributed by atoms with Crippen molar-refractivity contribution in [1.82, 2.24) is 5.32 Å². The number of para-hydroxylation sites is 1. The first-order chi connectivity index (χ1) is 14.0. The SMILES string of the molecule is Cc1ccc([C@@H](C)NC(=O)COc2ccc3c(=O)c4ccccc4oc3c2)cc1. The van der Waals surface area contributed by atoms with E-state index < -0.39 is 0 Å². The fraction of sp³-hybridized carbons (Fsp3) is 0.167. The molecule has 29 heavy (non-hydrogen) atoms. The monoisotopic (exact) mass is 387 g/mol. The fourth-order valence-corrected chi connectivity index (χ4v) is 3.24. The van der Waals surface area contributed by atoms with Crippen LogP contribution in [0.4, 0.5) is 0 Å². The predicted molar refractivity (Wildman–Crippen MR) is 113 cm³/mol. The van der Waals surface area contributed by atoms with Crippen LogP contribution >= 0.6 is 0 Å². The van der Waals surface area contributed by atoms with Crippen molar-refractivity contribution in [2.24, 2.45) is 0 Å². The highest BCUT2D eigenvalue weighted by Gasteiger charge is 2.12. The average molecular weight is 387 g/mol. The average Bonchev–Trinajstić information content (AvgIpc) is 2.72. The zero-order valence-electron chi connectivity index (χ0n) is 16.3. The maximum atomic E-state index is 12.6. The van der Waals surface area contributed by atoms with E-state index in [2.05, 4.69) is 5.32 Å². The third-order valence-corrected chi connectivity index (χ3v) is 4.87. The summed E-state index contributed by atoms with van der Waals surface area (Å²) in [5, 5.41) is 3.94. The maximum Gasteiger partial charge on any atom is 0.258 e. The number of ether oxygens (including phenoxy) is 1. The van der Waals surface area contributed by atoms with Crippen LogP contribution in [0, 0.1) is 6.92 Å². The van der Waals surface area contributed by atoms with E-state index in [1.807, 2.05) is 44.2 Å². The van der Waals surface area contributed by atoms with E-state index in [0.717, 1.165) is 5.56 Å². The third-order valence-electron chi connectivity index (χ3n) is 4.87. The smallest absolute Gasteiger partial charge is 0.258 e. The molecule has 0 aliphatic carbocycles. The van der Waals surface area contributed by atoms with Gasteiger partial charge in [0.2, 0.25) is 5.43 Å². The lowest BCUT2D eigenvalue weighted by molar-refractivity contribution is -0.123. The lowest BCUT2D eigenvalue weighted by Crippen LogP contribution is -2.31. The van der Waals surface area contributed by atoms with Crippen molar-refractivity contribution in [3.63, 3.8) is 0 Å². The second-order valence-corrected chi connectivity index (χ2v) is 7.07. The Morgan fingerprint density at radius 3 is 2.52 bits per heavy atom. The number of nitrogens with one attached hydrogen (secondary N) is 1. The second-order valence-electron chi connectivity index (χ2n) is 7.07. The van der Waals surface area contributed by atoms with Crippen LogP contribution in [0.2, 0.25) is 0 Å².